The number of ether oxygens (including phenoxy) is 1. The number of benzene rings is 1. The van der Waals surface area contributed by atoms with Crippen molar-refractivity contribution in [3.8, 4) is 0 Å². The normalized spacial score (nSPS) is 33.0. The Morgan fingerprint density at radius 2 is 1.77 bits per heavy atom. The Morgan fingerprint density at radius 1 is 1.14 bits per heavy atom. The van der Waals surface area contributed by atoms with E-state index in [1.54, 1.807) is 6.92 Å². The molecule has 1 unspecified atom stereocenters. The Labute approximate surface area is 203 Å². The highest BCUT2D eigenvalue weighted by Crippen LogP contribution is 2.60. The first kappa shape index (κ1) is 23.7. The zero-order valence-electron chi connectivity index (χ0n) is 19.8. The molecule has 35 heavy (non-hydrogen) atoms. The molecule has 2 N–H and O–H groups in total. The second kappa shape index (κ2) is 8.89. The molecule has 2 atom stereocenters. The number of aliphatic hydroxyl groups is 1. The van der Waals surface area contributed by atoms with Gasteiger partial charge in [-0.2, -0.15) is 0 Å². The number of hydrogen-bond acceptors (Lipinski definition) is 7. The fourth-order valence-corrected chi connectivity index (χ4v) is 7.25. The van der Waals surface area contributed by atoms with Gasteiger partial charge in [-0.05, 0) is 69.3 Å². The van der Waals surface area contributed by atoms with Crippen LogP contribution in [-0.4, -0.2) is 58.0 Å². The van der Waals surface area contributed by atoms with Crippen LogP contribution in [0.1, 0.15) is 50.5 Å². The number of β-amino-alcohol motifs (C(OH)–C–C–N with tert-alkyl or cyclic N) is 1. The summed E-state index contributed by atoms with van der Waals surface area (Å²) in [7, 11) is 0. The third kappa shape index (κ3) is 4.51. The van der Waals surface area contributed by atoms with E-state index in [1.165, 1.54) is 42.4 Å². The van der Waals surface area contributed by atoms with Gasteiger partial charge in [0.25, 0.3) is 11.6 Å². The average Bonchev–Trinajstić information content (AvgIpc) is 3.18. The highest BCUT2D eigenvalue weighted by atomic mass is 16.6. The monoisotopic (exact) mass is 485 g/mol. The minimum Gasteiger partial charge on any atom is -0.454 e. The van der Waals surface area contributed by atoms with E-state index in [2.05, 4.69) is 5.32 Å². The van der Waals surface area contributed by atoms with E-state index in [4.69, 9.17) is 4.74 Å². The van der Waals surface area contributed by atoms with Crippen molar-refractivity contribution >= 4 is 29.2 Å². The van der Waals surface area contributed by atoms with Crippen LogP contribution < -0.4 is 5.32 Å². The van der Waals surface area contributed by atoms with Gasteiger partial charge < -0.3 is 20.1 Å². The number of amides is 2. The van der Waals surface area contributed by atoms with Gasteiger partial charge in [0.05, 0.1) is 16.4 Å². The van der Waals surface area contributed by atoms with E-state index < -0.39 is 41.0 Å². The number of hydrogen-bond donors (Lipinski definition) is 2. The highest BCUT2D eigenvalue weighted by Gasteiger charge is 2.57. The number of carbonyl (C=O) groups excluding carboxylic acids is 3. The van der Waals surface area contributed by atoms with Gasteiger partial charge in [-0.3, -0.25) is 19.7 Å². The molecule has 0 radical (unpaired) electrons. The van der Waals surface area contributed by atoms with Crippen LogP contribution in [0.25, 0.3) is 0 Å². The molecule has 5 aliphatic rings. The van der Waals surface area contributed by atoms with Crippen molar-refractivity contribution in [2.24, 2.45) is 23.2 Å². The van der Waals surface area contributed by atoms with Crippen LogP contribution in [0.4, 0.5) is 11.4 Å². The first-order valence-corrected chi connectivity index (χ1v) is 12.3. The Bertz CT molecular complexity index is 1040. The van der Waals surface area contributed by atoms with Crippen LogP contribution in [0.2, 0.25) is 0 Å². The minimum atomic E-state index is -0.918. The number of nitro benzene ring substituents is 1. The standard InChI is InChI=1S/C25H31N3O7/c1-14-2-3-18(7-20(14)28(33)34)26-22(30)13-35-23(31)21-8-19(29)12-27(21)24(32)25-9-15-4-16(10-25)6-17(5-15)11-25/h2-3,7,15-17,19,21,29H,4-6,8-13H2,1H3,(H,26,30)/t15?,16?,17?,19?,21-,25?/m0/s1. The lowest BCUT2D eigenvalue weighted by Gasteiger charge is -2.56. The van der Waals surface area contributed by atoms with E-state index in [1.807, 2.05) is 0 Å². The Balaban J connectivity index is 1.21. The van der Waals surface area contributed by atoms with Crippen molar-refractivity contribution in [3.05, 3.63) is 33.9 Å². The fourth-order valence-electron chi connectivity index (χ4n) is 7.25. The van der Waals surface area contributed by atoms with Crippen LogP contribution >= 0.6 is 0 Å². The van der Waals surface area contributed by atoms with Gasteiger partial charge in [0.2, 0.25) is 5.91 Å². The van der Waals surface area contributed by atoms with E-state index in [0.717, 1.165) is 19.3 Å². The Kier molecular flexibility index (Phi) is 6.03. The summed E-state index contributed by atoms with van der Waals surface area (Å²) in [5, 5.41) is 23.9. The largest absolute Gasteiger partial charge is 0.454 e. The van der Waals surface area contributed by atoms with Crippen LogP contribution in [-0.2, 0) is 19.1 Å². The number of nitrogens with one attached hydrogen (secondary N) is 1. The van der Waals surface area contributed by atoms with Gasteiger partial charge in [-0.25, -0.2) is 4.79 Å². The first-order chi connectivity index (χ1) is 16.6. The molecular weight excluding hydrogens is 454 g/mol. The molecule has 4 bridgehead atoms. The lowest BCUT2D eigenvalue weighted by atomic mass is 9.49. The number of esters is 1. The summed E-state index contributed by atoms with van der Waals surface area (Å²) in [6.45, 7) is 1.10. The second-order valence-corrected chi connectivity index (χ2v) is 11.0. The molecule has 1 aromatic rings. The highest BCUT2D eigenvalue weighted by molar-refractivity contribution is 5.94. The second-order valence-electron chi connectivity index (χ2n) is 11.0. The van der Waals surface area contributed by atoms with Gasteiger partial charge >= 0.3 is 5.97 Å². The van der Waals surface area contributed by atoms with Crippen LogP contribution in [0.3, 0.4) is 0 Å². The van der Waals surface area contributed by atoms with Crippen molar-refractivity contribution < 1.29 is 29.2 Å². The Hall–Kier alpha value is -3.01. The average molecular weight is 486 g/mol. The maximum Gasteiger partial charge on any atom is 0.329 e. The number of aliphatic hydroxyl groups excluding tert-OH is 1. The predicted molar refractivity (Wildman–Crippen MR) is 124 cm³/mol. The third-order valence-electron chi connectivity index (χ3n) is 8.34. The summed E-state index contributed by atoms with van der Waals surface area (Å²) >= 11 is 0. The lowest BCUT2D eigenvalue weighted by Crippen LogP contribution is -2.56. The molecule has 188 valence electrons. The van der Waals surface area contributed by atoms with E-state index in [9.17, 15) is 29.6 Å². The molecule has 0 aromatic heterocycles. The number of carbonyl (C=O) groups is 3. The molecule has 5 fully saturated rings. The maximum absolute atomic E-state index is 13.7. The summed E-state index contributed by atoms with van der Waals surface area (Å²) in [5.74, 6) is 0.309. The number of anilines is 1. The molecule has 0 spiro atoms. The fraction of sp³-hybridized carbons (Fsp3) is 0.640. The summed E-state index contributed by atoms with van der Waals surface area (Å²) in [6, 6.07) is 3.38. The topological polar surface area (TPSA) is 139 Å². The van der Waals surface area contributed by atoms with Crippen molar-refractivity contribution in [1.82, 2.24) is 4.90 Å². The minimum absolute atomic E-state index is 0.0495. The smallest absolute Gasteiger partial charge is 0.329 e. The molecule has 4 aliphatic carbocycles. The lowest BCUT2D eigenvalue weighted by molar-refractivity contribution is -0.385. The molecule has 6 rings (SSSR count). The predicted octanol–water partition coefficient (Wildman–Crippen LogP) is 2.56. The molecule has 1 aliphatic heterocycles. The van der Waals surface area contributed by atoms with Gasteiger partial charge in [0.1, 0.15) is 6.04 Å². The molecule has 4 saturated carbocycles. The van der Waals surface area contributed by atoms with Gasteiger partial charge in [-0.1, -0.05) is 6.07 Å². The number of likely N-dealkylation sites (tertiary alicyclic amines) is 1. The molecule has 1 saturated heterocycles. The molecular formula is C25H31N3O7. The van der Waals surface area contributed by atoms with Crippen molar-refractivity contribution in [1.29, 1.82) is 0 Å². The summed E-state index contributed by atoms with van der Waals surface area (Å²) in [6.07, 6.45) is 5.43. The SMILES string of the molecule is Cc1ccc(NC(=O)COC(=O)[C@@H]2CC(O)CN2C(=O)C23CC4CC(CC(C4)C2)C3)cc1[N+](=O)[O-]. The van der Waals surface area contributed by atoms with E-state index in [-0.39, 0.29) is 30.2 Å². The van der Waals surface area contributed by atoms with Crippen LogP contribution in [0.15, 0.2) is 18.2 Å². The van der Waals surface area contributed by atoms with Gasteiger partial charge in [0.15, 0.2) is 6.61 Å². The van der Waals surface area contributed by atoms with Crippen molar-refractivity contribution in [2.75, 3.05) is 18.5 Å². The molecule has 1 heterocycles. The van der Waals surface area contributed by atoms with Crippen molar-refractivity contribution in [3.63, 3.8) is 0 Å². The maximum atomic E-state index is 13.7. The zero-order chi connectivity index (χ0) is 24.9. The van der Waals surface area contributed by atoms with Gasteiger partial charge in [-0.15, -0.1) is 0 Å². The number of nitrogens with zero attached hydrogens (tertiary/aromatic N) is 2. The summed E-state index contributed by atoms with van der Waals surface area (Å²) in [4.78, 5) is 51.0. The van der Waals surface area contributed by atoms with Gasteiger partial charge in [0, 0.05) is 30.3 Å². The quantitative estimate of drug-likeness (QED) is 0.359. The summed E-state index contributed by atoms with van der Waals surface area (Å²) in [5.41, 5.74) is 0.120. The third-order valence-corrected chi connectivity index (χ3v) is 8.34. The molecule has 10 heteroatoms. The molecule has 1 aromatic carbocycles. The van der Waals surface area contributed by atoms with Crippen molar-refractivity contribution in [2.45, 2.75) is 64.0 Å². The molecule has 10 nitrogen and oxygen atoms in total. The number of rotatable bonds is 6. The van der Waals surface area contributed by atoms with Crippen LogP contribution in [0.5, 0.6) is 0 Å². The van der Waals surface area contributed by atoms with Crippen LogP contribution in [0, 0.1) is 40.2 Å². The first-order valence-electron chi connectivity index (χ1n) is 12.3. The molecule has 2 amide bonds. The van der Waals surface area contributed by atoms with E-state index in [0.29, 0.717) is 23.3 Å². The summed E-state index contributed by atoms with van der Waals surface area (Å²) < 4.78 is 5.22. The number of aryl methyl sites for hydroxylation is 1. The zero-order valence-corrected chi connectivity index (χ0v) is 19.8. The number of nitro groups is 1. The Morgan fingerprint density at radius 3 is 2.37 bits per heavy atom. The van der Waals surface area contributed by atoms with E-state index >= 15 is 0 Å².